The van der Waals surface area contributed by atoms with Gasteiger partial charge in [-0.2, -0.15) is 0 Å². The average Bonchev–Trinajstić information content (AvgIpc) is 3.21. The molecule has 4 aliphatic rings. The van der Waals surface area contributed by atoms with Gasteiger partial charge in [-0.1, -0.05) is 42.8 Å². The van der Waals surface area contributed by atoms with Gasteiger partial charge in [0, 0.05) is 22.0 Å². The Kier molecular flexibility index (Phi) is 7.20. The number of amides is 2. The zero-order chi connectivity index (χ0) is 26.4. The third-order valence-corrected chi connectivity index (χ3v) is 10.2. The summed E-state index contributed by atoms with van der Waals surface area (Å²) in [6.07, 6.45) is 11.1. The Balaban J connectivity index is 1.67. The molecule has 1 aromatic carbocycles. The molecule has 0 aromatic heterocycles. The molecule has 37 heavy (non-hydrogen) atoms. The lowest BCUT2D eigenvalue weighted by Gasteiger charge is -2.39. The van der Waals surface area contributed by atoms with Crippen molar-refractivity contribution in [3.05, 3.63) is 53.6 Å². The topological polar surface area (TPSA) is 87.2 Å². The van der Waals surface area contributed by atoms with Crippen molar-refractivity contribution < 1.29 is 24.2 Å². The van der Waals surface area contributed by atoms with E-state index in [1.165, 1.54) is 11.8 Å². The number of carbonyl (C=O) groups excluding carboxylic acids is 3. The van der Waals surface area contributed by atoms with Crippen molar-refractivity contribution in [2.45, 2.75) is 61.1 Å². The number of hydrogen-bond acceptors (Lipinski definition) is 6. The van der Waals surface area contributed by atoms with Crippen LogP contribution in [-0.4, -0.2) is 69.1 Å². The lowest BCUT2D eigenvalue weighted by atomic mass is 9.74. The fraction of sp³-hybridized carbons (Fsp3) is 0.536. The standard InChI is InChI=1S/C28H33ClN2O5S/c1-3-19(17-32)31-23-25(34)30(20-11-9-18(29)10-12-20)15-8-14-28(23)21(24(31)33)22-26(35)36-16-7-5-4-6-13-27(22,2)37-28/h6,8-14,19,21-23,32H,3-5,7,15-17H2,1-2H3/b13-6-/t19-,21-,22-,23?,27+,28-/m0/s1. The minimum Gasteiger partial charge on any atom is -0.465 e. The first-order valence-electron chi connectivity index (χ1n) is 13.0. The maximum atomic E-state index is 14.4. The largest absolute Gasteiger partial charge is 0.465 e. The van der Waals surface area contributed by atoms with Crippen molar-refractivity contribution in [1.29, 1.82) is 0 Å². The van der Waals surface area contributed by atoms with Gasteiger partial charge in [0.1, 0.15) is 6.04 Å². The number of halogens is 1. The van der Waals surface area contributed by atoms with E-state index in [1.54, 1.807) is 34.1 Å². The fourth-order valence-electron chi connectivity index (χ4n) is 6.40. The summed E-state index contributed by atoms with van der Waals surface area (Å²) in [6, 6.07) is 5.63. The molecule has 4 aliphatic heterocycles. The SMILES string of the molecule is CC[C@@H](CO)N1C(=O)[C@@H]2[C@H]3C(=O)OCCCC/C=C\[C@@]3(C)S[C@@]23C=CCN(c2ccc(Cl)cc2)C(=O)C13. The van der Waals surface area contributed by atoms with Crippen LogP contribution >= 0.6 is 23.4 Å². The van der Waals surface area contributed by atoms with Crippen LogP contribution in [0.5, 0.6) is 0 Å². The van der Waals surface area contributed by atoms with Gasteiger partial charge < -0.3 is 19.6 Å². The molecular weight excluding hydrogens is 512 g/mol. The van der Waals surface area contributed by atoms with Crippen LogP contribution in [0.25, 0.3) is 0 Å². The van der Waals surface area contributed by atoms with E-state index < -0.39 is 39.4 Å². The molecule has 1 unspecified atom stereocenters. The molecule has 198 valence electrons. The van der Waals surface area contributed by atoms with Crippen LogP contribution in [0, 0.1) is 11.8 Å². The number of benzene rings is 1. The van der Waals surface area contributed by atoms with Crippen LogP contribution in [-0.2, 0) is 19.1 Å². The summed E-state index contributed by atoms with van der Waals surface area (Å²) >= 11 is 7.62. The molecule has 1 spiro atoms. The third kappa shape index (κ3) is 4.21. The van der Waals surface area contributed by atoms with Gasteiger partial charge in [0.15, 0.2) is 0 Å². The minimum atomic E-state index is -0.977. The Hall–Kier alpha value is -2.29. The summed E-state index contributed by atoms with van der Waals surface area (Å²) in [4.78, 5) is 45.5. The van der Waals surface area contributed by atoms with Crippen molar-refractivity contribution in [2.75, 3.05) is 24.7 Å². The number of aliphatic hydroxyl groups excluding tert-OH is 1. The predicted octanol–water partition coefficient (Wildman–Crippen LogP) is 3.98. The van der Waals surface area contributed by atoms with Crippen LogP contribution in [0.3, 0.4) is 0 Å². The minimum absolute atomic E-state index is 0.229. The molecule has 1 N–H and O–H groups in total. The van der Waals surface area contributed by atoms with Gasteiger partial charge in [-0.15, -0.1) is 11.8 Å². The van der Waals surface area contributed by atoms with Crippen molar-refractivity contribution in [2.24, 2.45) is 11.8 Å². The molecule has 2 fully saturated rings. The molecule has 0 radical (unpaired) electrons. The monoisotopic (exact) mass is 544 g/mol. The number of allylic oxidation sites excluding steroid dienone is 1. The third-order valence-electron chi connectivity index (χ3n) is 8.15. The van der Waals surface area contributed by atoms with Gasteiger partial charge in [0.05, 0.1) is 35.8 Å². The first-order chi connectivity index (χ1) is 17.8. The fourth-order valence-corrected chi connectivity index (χ4v) is 8.66. The number of carbonyl (C=O) groups is 3. The smallest absolute Gasteiger partial charge is 0.311 e. The Morgan fingerprint density at radius 2 is 1.86 bits per heavy atom. The number of likely N-dealkylation sites (tertiary alicyclic amines) is 1. The maximum absolute atomic E-state index is 14.4. The second kappa shape index (κ2) is 10.1. The first-order valence-corrected chi connectivity index (χ1v) is 14.2. The second-order valence-electron chi connectivity index (χ2n) is 10.4. The number of ether oxygens (including phenoxy) is 1. The predicted molar refractivity (Wildman–Crippen MR) is 144 cm³/mol. The number of anilines is 1. The number of cyclic esters (lactones) is 1. The van der Waals surface area contributed by atoms with E-state index in [2.05, 4.69) is 6.08 Å². The number of thioether (sulfide) groups is 1. The van der Waals surface area contributed by atoms with E-state index >= 15 is 0 Å². The van der Waals surface area contributed by atoms with Gasteiger partial charge in [-0.05, 0) is 56.9 Å². The second-order valence-corrected chi connectivity index (χ2v) is 12.6. The highest BCUT2D eigenvalue weighted by Crippen LogP contribution is 2.65. The van der Waals surface area contributed by atoms with Crippen molar-refractivity contribution >= 4 is 46.8 Å². The highest BCUT2D eigenvalue weighted by molar-refractivity contribution is 8.02. The van der Waals surface area contributed by atoms with Crippen molar-refractivity contribution in [3.63, 3.8) is 0 Å². The van der Waals surface area contributed by atoms with E-state index in [4.69, 9.17) is 16.3 Å². The summed E-state index contributed by atoms with van der Waals surface area (Å²) in [5, 5.41) is 10.8. The molecular formula is C28H33ClN2O5S. The number of aliphatic hydroxyl groups is 1. The van der Waals surface area contributed by atoms with Gasteiger partial charge in [-0.3, -0.25) is 14.4 Å². The lowest BCUT2D eigenvalue weighted by molar-refractivity contribution is -0.154. The van der Waals surface area contributed by atoms with Gasteiger partial charge in [0.25, 0.3) is 5.91 Å². The van der Waals surface area contributed by atoms with Crippen molar-refractivity contribution in [1.82, 2.24) is 4.90 Å². The van der Waals surface area contributed by atoms with E-state index in [0.717, 1.165) is 19.3 Å². The Morgan fingerprint density at radius 3 is 2.57 bits per heavy atom. The molecule has 9 heteroatoms. The summed E-state index contributed by atoms with van der Waals surface area (Å²) in [5.74, 6) is -2.43. The van der Waals surface area contributed by atoms with Crippen LogP contribution in [0.2, 0.25) is 5.02 Å². The Bertz CT molecular complexity index is 1140. The number of esters is 1. The molecule has 2 amide bonds. The van der Waals surface area contributed by atoms with E-state index in [-0.39, 0.29) is 18.4 Å². The van der Waals surface area contributed by atoms with E-state index in [1.807, 2.05) is 32.1 Å². The lowest BCUT2D eigenvalue weighted by Crippen LogP contribution is -2.56. The van der Waals surface area contributed by atoms with Gasteiger partial charge in [0.2, 0.25) is 5.91 Å². The number of fused-ring (bicyclic) bond motifs is 2. The zero-order valence-electron chi connectivity index (χ0n) is 21.1. The maximum Gasteiger partial charge on any atom is 0.311 e. The van der Waals surface area contributed by atoms with Crippen LogP contribution in [0.1, 0.15) is 39.5 Å². The first kappa shape index (κ1) is 26.3. The quantitative estimate of drug-likeness (QED) is 0.456. The molecule has 5 rings (SSSR count). The summed E-state index contributed by atoms with van der Waals surface area (Å²) < 4.78 is 4.00. The Labute approximate surface area is 226 Å². The van der Waals surface area contributed by atoms with Gasteiger partial charge >= 0.3 is 5.97 Å². The normalized spacial score (nSPS) is 35.4. The van der Waals surface area contributed by atoms with Crippen molar-refractivity contribution in [3.8, 4) is 0 Å². The van der Waals surface area contributed by atoms with E-state index in [0.29, 0.717) is 30.3 Å². The molecule has 7 nitrogen and oxygen atoms in total. The summed E-state index contributed by atoms with van der Waals surface area (Å²) in [6.45, 7) is 4.24. The molecule has 2 saturated heterocycles. The molecule has 1 aromatic rings. The van der Waals surface area contributed by atoms with E-state index in [9.17, 15) is 19.5 Å². The number of rotatable bonds is 4. The van der Waals surface area contributed by atoms with Crippen LogP contribution in [0.4, 0.5) is 5.69 Å². The number of nitrogens with zero attached hydrogens (tertiary/aromatic N) is 2. The van der Waals surface area contributed by atoms with Crippen LogP contribution in [0.15, 0.2) is 48.6 Å². The zero-order valence-corrected chi connectivity index (χ0v) is 22.7. The molecule has 0 bridgehead atoms. The highest BCUT2D eigenvalue weighted by Gasteiger charge is 2.74. The Morgan fingerprint density at radius 1 is 1.11 bits per heavy atom. The summed E-state index contributed by atoms with van der Waals surface area (Å²) in [7, 11) is 0. The summed E-state index contributed by atoms with van der Waals surface area (Å²) in [5.41, 5.74) is 0.677. The molecule has 0 saturated carbocycles. The van der Waals surface area contributed by atoms with Crippen LogP contribution < -0.4 is 4.90 Å². The van der Waals surface area contributed by atoms with Gasteiger partial charge in [-0.25, -0.2) is 0 Å². The average molecular weight is 545 g/mol. The molecule has 0 aliphatic carbocycles. The molecule has 6 atom stereocenters. The number of hydrogen-bond donors (Lipinski definition) is 1. The molecule has 4 heterocycles. The highest BCUT2D eigenvalue weighted by atomic mass is 35.5.